The van der Waals surface area contributed by atoms with Crippen LogP contribution in [0.5, 0.6) is 6.08 Å². The van der Waals surface area contributed by atoms with Crippen LogP contribution in [0.3, 0.4) is 0 Å². The highest BCUT2D eigenvalue weighted by atomic mass is 16.6. The molecule has 0 aliphatic rings. The lowest BCUT2D eigenvalue weighted by Crippen LogP contribution is -2.08. The Labute approximate surface area is 89.8 Å². The van der Waals surface area contributed by atoms with Crippen molar-refractivity contribution in [2.75, 3.05) is 26.9 Å². The first-order valence-corrected chi connectivity index (χ1v) is 5.16. The summed E-state index contributed by atoms with van der Waals surface area (Å²) >= 11 is 0. The summed E-state index contributed by atoms with van der Waals surface area (Å²) in [5.41, 5.74) is 0.835. The third-order valence-corrected chi connectivity index (χ3v) is 1.69. The van der Waals surface area contributed by atoms with Crippen molar-refractivity contribution in [1.29, 1.82) is 0 Å². The summed E-state index contributed by atoms with van der Waals surface area (Å²) in [6, 6.07) is 0. The van der Waals surface area contributed by atoms with E-state index in [1.165, 1.54) is 0 Å². The number of aromatic nitrogens is 1. The van der Waals surface area contributed by atoms with Gasteiger partial charge in [-0.15, -0.1) is 0 Å². The largest absolute Gasteiger partial charge is 0.448 e. The second kappa shape index (κ2) is 7.25. The highest BCUT2D eigenvalue weighted by Gasteiger charge is 2.03. The molecule has 0 spiro atoms. The van der Waals surface area contributed by atoms with Gasteiger partial charge >= 0.3 is 6.08 Å². The Balaban J connectivity index is 2.14. The van der Waals surface area contributed by atoms with Gasteiger partial charge in [0.1, 0.15) is 12.9 Å². The fourth-order valence-electron chi connectivity index (χ4n) is 1.05. The molecular weight excluding hydrogens is 196 g/mol. The van der Waals surface area contributed by atoms with Gasteiger partial charge in [-0.1, -0.05) is 6.92 Å². The first-order chi connectivity index (χ1) is 7.36. The maximum Gasteiger partial charge on any atom is 0.393 e. The molecule has 1 aromatic heterocycles. The topological polar surface area (TPSA) is 56.5 Å². The normalized spacial score (nSPS) is 10.5. The van der Waals surface area contributed by atoms with Crippen LogP contribution in [0.25, 0.3) is 0 Å². The predicted molar refractivity (Wildman–Crippen MR) is 55.9 cm³/mol. The summed E-state index contributed by atoms with van der Waals surface area (Å²) < 4.78 is 15.6. The lowest BCUT2D eigenvalue weighted by Gasteiger charge is -2.01. The van der Waals surface area contributed by atoms with Crippen LogP contribution in [0.2, 0.25) is 0 Å². The van der Waals surface area contributed by atoms with Gasteiger partial charge in [0, 0.05) is 13.2 Å². The standard InChI is InChI=1S/C10H18N2O3/c1-3-4-13-5-6-14-10-12-9(7-11-2)8-15-10/h8,11H,3-7H2,1-2H3. The zero-order chi connectivity index (χ0) is 10.9. The van der Waals surface area contributed by atoms with Crippen LogP contribution in [0.1, 0.15) is 19.0 Å². The SMILES string of the molecule is CCCOCCOc1nc(CNC)co1. The van der Waals surface area contributed by atoms with E-state index in [2.05, 4.69) is 17.2 Å². The molecule has 15 heavy (non-hydrogen) atoms. The van der Waals surface area contributed by atoms with Crippen molar-refractivity contribution in [3.8, 4) is 6.08 Å². The van der Waals surface area contributed by atoms with Crippen molar-refractivity contribution in [3.63, 3.8) is 0 Å². The summed E-state index contributed by atoms with van der Waals surface area (Å²) in [7, 11) is 1.85. The molecule has 0 unspecified atom stereocenters. The lowest BCUT2D eigenvalue weighted by atomic mass is 10.5. The molecule has 1 aromatic rings. The van der Waals surface area contributed by atoms with Crippen molar-refractivity contribution in [1.82, 2.24) is 10.3 Å². The Kier molecular flexibility index (Phi) is 5.80. The average molecular weight is 214 g/mol. The van der Waals surface area contributed by atoms with E-state index in [9.17, 15) is 0 Å². The average Bonchev–Trinajstić information content (AvgIpc) is 2.66. The van der Waals surface area contributed by atoms with Gasteiger partial charge in [0.05, 0.1) is 12.3 Å². The van der Waals surface area contributed by atoms with Crippen LogP contribution < -0.4 is 10.1 Å². The molecule has 0 aliphatic carbocycles. The van der Waals surface area contributed by atoms with E-state index in [1.807, 2.05) is 7.05 Å². The van der Waals surface area contributed by atoms with Crippen molar-refractivity contribution < 1.29 is 13.9 Å². The predicted octanol–water partition coefficient (Wildman–Crippen LogP) is 1.20. The summed E-state index contributed by atoms with van der Waals surface area (Å²) in [5, 5.41) is 2.98. The summed E-state index contributed by atoms with van der Waals surface area (Å²) in [5.74, 6) is 0. The van der Waals surface area contributed by atoms with Crippen LogP contribution in [0.15, 0.2) is 10.7 Å². The Bertz CT molecular complexity index is 263. The molecule has 5 heteroatoms. The minimum Gasteiger partial charge on any atom is -0.448 e. The molecule has 1 N–H and O–H groups in total. The van der Waals surface area contributed by atoms with Gasteiger partial charge in [-0.2, -0.15) is 4.98 Å². The van der Waals surface area contributed by atoms with E-state index in [0.29, 0.717) is 25.8 Å². The van der Waals surface area contributed by atoms with Crippen LogP contribution in [-0.4, -0.2) is 31.9 Å². The van der Waals surface area contributed by atoms with E-state index in [1.54, 1.807) is 6.26 Å². The van der Waals surface area contributed by atoms with E-state index in [0.717, 1.165) is 18.7 Å². The zero-order valence-electron chi connectivity index (χ0n) is 9.28. The van der Waals surface area contributed by atoms with Gasteiger partial charge in [-0.05, 0) is 13.5 Å². The maximum atomic E-state index is 5.25. The molecule has 0 radical (unpaired) electrons. The number of hydrogen-bond donors (Lipinski definition) is 1. The second-order valence-electron chi connectivity index (χ2n) is 3.10. The fraction of sp³-hybridized carbons (Fsp3) is 0.700. The molecule has 86 valence electrons. The molecule has 0 amide bonds. The molecule has 0 aliphatic heterocycles. The number of rotatable bonds is 8. The molecule has 5 nitrogen and oxygen atoms in total. The third kappa shape index (κ3) is 4.80. The number of nitrogens with zero attached hydrogens (tertiary/aromatic N) is 1. The van der Waals surface area contributed by atoms with E-state index >= 15 is 0 Å². The monoisotopic (exact) mass is 214 g/mol. The first-order valence-electron chi connectivity index (χ1n) is 5.16. The third-order valence-electron chi connectivity index (χ3n) is 1.69. The Morgan fingerprint density at radius 3 is 3.00 bits per heavy atom. The Morgan fingerprint density at radius 1 is 1.40 bits per heavy atom. The minimum absolute atomic E-state index is 0.306. The molecular formula is C10H18N2O3. The van der Waals surface area contributed by atoms with Crippen LogP contribution in [0, 0.1) is 0 Å². The quantitative estimate of drug-likeness (QED) is 0.659. The van der Waals surface area contributed by atoms with Gasteiger partial charge in [0.15, 0.2) is 0 Å². The molecule has 0 aromatic carbocycles. The molecule has 0 fully saturated rings. The van der Waals surface area contributed by atoms with E-state index < -0.39 is 0 Å². The fourth-order valence-corrected chi connectivity index (χ4v) is 1.05. The molecule has 0 saturated carbocycles. The molecule has 0 atom stereocenters. The van der Waals surface area contributed by atoms with E-state index in [-0.39, 0.29) is 0 Å². The van der Waals surface area contributed by atoms with Crippen LogP contribution >= 0.6 is 0 Å². The van der Waals surface area contributed by atoms with Crippen molar-refractivity contribution in [2.24, 2.45) is 0 Å². The molecule has 0 bridgehead atoms. The zero-order valence-corrected chi connectivity index (χ0v) is 9.28. The molecule has 1 heterocycles. The smallest absolute Gasteiger partial charge is 0.393 e. The van der Waals surface area contributed by atoms with Crippen molar-refractivity contribution in [2.45, 2.75) is 19.9 Å². The number of oxazole rings is 1. The van der Waals surface area contributed by atoms with Gasteiger partial charge in [-0.25, -0.2) is 0 Å². The van der Waals surface area contributed by atoms with Crippen LogP contribution in [0.4, 0.5) is 0 Å². The summed E-state index contributed by atoms with van der Waals surface area (Å²) in [4.78, 5) is 4.11. The van der Waals surface area contributed by atoms with Gasteiger partial charge in [-0.3, -0.25) is 0 Å². The first kappa shape index (κ1) is 12.0. The van der Waals surface area contributed by atoms with Crippen molar-refractivity contribution in [3.05, 3.63) is 12.0 Å². The van der Waals surface area contributed by atoms with Gasteiger partial charge in [0.2, 0.25) is 0 Å². The van der Waals surface area contributed by atoms with E-state index in [4.69, 9.17) is 13.9 Å². The second-order valence-corrected chi connectivity index (χ2v) is 3.10. The van der Waals surface area contributed by atoms with Crippen LogP contribution in [-0.2, 0) is 11.3 Å². The lowest BCUT2D eigenvalue weighted by molar-refractivity contribution is 0.0886. The molecule has 1 rings (SSSR count). The summed E-state index contributed by atoms with van der Waals surface area (Å²) in [6.07, 6.45) is 2.91. The highest BCUT2D eigenvalue weighted by molar-refractivity contribution is 4.99. The number of ether oxygens (including phenoxy) is 2. The maximum absolute atomic E-state index is 5.25. The minimum atomic E-state index is 0.306. The Morgan fingerprint density at radius 2 is 2.27 bits per heavy atom. The summed E-state index contributed by atoms with van der Waals surface area (Å²) in [6.45, 7) is 4.55. The number of hydrogen-bond acceptors (Lipinski definition) is 5. The molecule has 0 saturated heterocycles. The van der Waals surface area contributed by atoms with Gasteiger partial charge < -0.3 is 19.2 Å². The Hall–Kier alpha value is -1.07. The number of nitrogens with one attached hydrogen (secondary N) is 1. The highest BCUT2D eigenvalue weighted by Crippen LogP contribution is 2.09. The van der Waals surface area contributed by atoms with Crippen molar-refractivity contribution >= 4 is 0 Å². The van der Waals surface area contributed by atoms with Gasteiger partial charge in [0.25, 0.3) is 0 Å².